The van der Waals surface area contributed by atoms with Gasteiger partial charge in [0, 0.05) is 6.20 Å². The van der Waals surface area contributed by atoms with E-state index in [-0.39, 0.29) is 26.3 Å². The third kappa shape index (κ3) is 3.33. The molecule has 0 saturated carbocycles. The Hall–Kier alpha value is -1.67. The first-order chi connectivity index (χ1) is 9.70. The molecule has 0 unspecified atom stereocenters. The van der Waals surface area contributed by atoms with Gasteiger partial charge in [-0.25, -0.2) is 9.37 Å². The SMILES string of the molecule is Nc1cc(N)c(Sc2ccc(C(F)(F)F)cn2)c(F)c1Cl. The molecule has 0 spiro atoms. The van der Waals surface area contributed by atoms with Gasteiger partial charge in [0.05, 0.1) is 21.8 Å². The van der Waals surface area contributed by atoms with E-state index in [1.54, 1.807) is 0 Å². The molecule has 1 heterocycles. The number of nitrogens with two attached hydrogens (primary N) is 2. The van der Waals surface area contributed by atoms with Gasteiger partial charge in [0.2, 0.25) is 0 Å². The normalized spacial score (nSPS) is 11.7. The molecule has 2 rings (SSSR count). The summed E-state index contributed by atoms with van der Waals surface area (Å²) in [5.74, 6) is -0.833. The van der Waals surface area contributed by atoms with Gasteiger partial charge in [-0.15, -0.1) is 0 Å². The number of rotatable bonds is 2. The fraction of sp³-hybridized carbons (Fsp3) is 0.0833. The molecule has 0 aliphatic carbocycles. The fourth-order valence-electron chi connectivity index (χ4n) is 1.47. The van der Waals surface area contributed by atoms with E-state index >= 15 is 0 Å². The van der Waals surface area contributed by atoms with Crippen LogP contribution in [0.4, 0.5) is 28.9 Å². The molecule has 0 saturated heterocycles. The van der Waals surface area contributed by atoms with Crippen molar-refractivity contribution in [1.29, 1.82) is 0 Å². The Kier molecular flexibility index (Phi) is 4.20. The first-order valence-electron chi connectivity index (χ1n) is 5.44. The minimum atomic E-state index is -4.48. The van der Waals surface area contributed by atoms with Gasteiger partial charge in [-0.05, 0) is 18.2 Å². The van der Waals surface area contributed by atoms with Crippen molar-refractivity contribution in [2.24, 2.45) is 0 Å². The van der Waals surface area contributed by atoms with Gasteiger partial charge in [0.1, 0.15) is 10.0 Å². The molecular weight excluding hydrogens is 330 g/mol. The number of hydrogen-bond acceptors (Lipinski definition) is 4. The summed E-state index contributed by atoms with van der Waals surface area (Å²) in [5, 5.41) is -0.145. The van der Waals surface area contributed by atoms with Crippen LogP contribution in [0.5, 0.6) is 0 Å². The summed E-state index contributed by atoms with van der Waals surface area (Å²) < 4.78 is 51.2. The molecule has 0 aliphatic rings. The molecule has 0 aliphatic heterocycles. The van der Waals surface area contributed by atoms with Crippen molar-refractivity contribution in [2.45, 2.75) is 16.1 Å². The smallest absolute Gasteiger partial charge is 0.398 e. The van der Waals surface area contributed by atoms with Crippen LogP contribution >= 0.6 is 23.4 Å². The standard InChI is InChI=1S/C12H8ClF4N3S/c13-9-6(18)3-7(19)11(10(9)14)21-8-2-1-5(4-20-8)12(15,16)17/h1-4H,18-19H2. The van der Waals surface area contributed by atoms with E-state index in [0.29, 0.717) is 6.20 Å². The molecule has 112 valence electrons. The van der Waals surface area contributed by atoms with Crippen molar-refractivity contribution in [3.63, 3.8) is 0 Å². The van der Waals surface area contributed by atoms with E-state index in [0.717, 1.165) is 23.9 Å². The van der Waals surface area contributed by atoms with Crippen LogP contribution in [0.25, 0.3) is 0 Å². The van der Waals surface area contributed by atoms with E-state index in [9.17, 15) is 17.6 Å². The van der Waals surface area contributed by atoms with Crippen molar-refractivity contribution in [1.82, 2.24) is 4.98 Å². The summed E-state index contributed by atoms with van der Waals surface area (Å²) in [7, 11) is 0. The second-order valence-electron chi connectivity index (χ2n) is 4.00. The molecular formula is C12H8ClF4N3S. The second-order valence-corrected chi connectivity index (χ2v) is 5.41. The maximum atomic E-state index is 14.0. The summed E-state index contributed by atoms with van der Waals surface area (Å²) in [6.07, 6.45) is -3.82. The molecule has 2 aromatic rings. The Morgan fingerprint density at radius 1 is 1.14 bits per heavy atom. The lowest BCUT2D eigenvalue weighted by molar-refractivity contribution is -0.137. The summed E-state index contributed by atoms with van der Waals surface area (Å²) in [5.41, 5.74) is 10.2. The van der Waals surface area contributed by atoms with Crippen LogP contribution in [-0.4, -0.2) is 4.98 Å². The third-order valence-electron chi connectivity index (χ3n) is 2.49. The van der Waals surface area contributed by atoms with Gasteiger partial charge in [-0.2, -0.15) is 13.2 Å². The number of nitrogens with zero attached hydrogens (tertiary/aromatic N) is 1. The lowest BCUT2D eigenvalue weighted by Gasteiger charge is -2.10. The van der Waals surface area contributed by atoms with Crippen molar-refractivity contribution >= 4 is 34.7 Å². The lowest BCUT2D eigenvalue weighted by atomic mass is 10.3. The van der Waals surface area contributed by atoms with Crippen molar-refractivity contribution < 1.29 is 17.6 Å². The first kappa shape index (κ1) is 15.7. The molecule has 0 bridgehead atoms. The molecule has 4 N–H and O–H groups in total. The number of halogens is 5. The van der Waals surface area contributed by atoms with Crippen LogP contribution in [0, 0.1) is 5.82 Å². The molecule has 1 aromatic heterocycles. The number of pyridine rings is 1. The summed E-state index contributed by atoms with van der Waals surface area (Å²) in [6.45, 7) is 0. The number of alkyl halides is 3. The van der Waals surface area contributed by atoms with Crippen LogP contribution < -0.4 is 11.5 Å². The number of aromatic nitrogens is 1. The predicted octanol–water partition coefficient (Wildman–Crippen LogP) is 4.21. The highest BCUT2D eigenvalue weighted by Crippen LogP contribution is 2.39. The van der Waals surface area contributed by atoms with Crippen LogP contribution in [0.3, 0.4) is 0 Å². The molecule has 0 atom stereocenters. The number of benzene rings is 1. The second kappa shape index (κ2) is 5.61. The Labute approximate surface area is 126 Å². The number of anilines is 2. The quantitative estimate of drug-likeness (QED) is 0.636. The van der Waals surface area contributed by atoms with Gasteiger partial charge in [-0.1, -0.05) is 23.4 Å². The Bertz CT molecular complexity index is 674. The minimum absolute atomic E-state index is 0.0172. The van der Waals surface area contributed by atoms with E-state index < -0.39 is 17.6 Å². The van der Waals surface area contributed by atoms with E-state index in [2.05, 4.69) is 4.98 Å². The molecule has 9 heteroatoms. The van der Waals surface area contributed by atoms with Crippen LogP contribution in [0.2, 0.25) is 5.02 Å². The van der Waals surface area contributed by atoms with E-state index in [4.69, 9.17) is 23.1 Å². The largest absolute Gasteiger partial charge is 0.417 e. The van der Waals surface area contributed by atoms with Crippen molar-refractivity contribution in [3.05, 3.63) is 40.8 Å². The van der Waals surface area contributed by atoms with E-state index in [1.165, 1.54) is 6.07 Å². The van der Waals surface area contributed by atoms with Crippen LogP contribution in [0.15, 0.2) is 34.3 Å². The average molecular weight is 338 g/mol. The topological polar surface area (TPSA) is 64.9 Å². The maximum absolute atomic E-state index is 14.0. The summed E-state index contributed by atoms with van der Waals surface area (Å²) in [4.78, 5) is 3.58. The summed E-state index contributed by atoms with van der Waals surface area (Å²) >= 11 is 6.43. The predicted molar refractivity (Wildman–Crippen MR) is 73.6 cm³/mol. The van der Waals surface area contributed by atoms with Gasteiger partial charge in [0.15, 0.2) is 5.82 Å². The lowest BCUT2D eigenvalue weighted by Crippen LogP contribution is -2.05. The molecule has 1 aromatic carbocycles. The van der Waals surface area contributed by atoms with Crippen molar-refractivity contribution in [2.75, 3.05) is 11.5 Å². The molecule has 0 radical (unpaired) electrons. The minimum Gasteiger partial charge on any atom is -0.398 e. The monoisotopic (exact) mass is 337 g/mol. The highest BCUT2D eigenvalue weighted by Gasteiger charge is 2.30. The summed E-state index contributed by atoms with van der Waals surface area (Å²) in [6, 6.07) is 3.25. The molecule has 3 nitrogen and oxygen atoms in total. The molecule has 0 amide bonds. The molecule has 0 fully saturated rings. The zero-order valence-corrected chi connectivity index (χ0v) is 11.8. The van der Waals surface area contributed by atoms with Gasteiger partial charge >= 0.3 is 6.18 Å². The number of hydrogen-bond donors (Lipinski definition) is 2. The Morgan fingerprint density at radius 2 is 1.81 bits per heavy atom. The maximum Gasteiger partial charge on any atom is 0.417 e. The zero-order valence-electron chi connectivity index (χ0n) is 10.2. The van der Waals surface area contributed by atoms with E-state index in [1.807, 2.05) is 0 Å². The first-order valence-corrected chi connectivity index (χ1v) is 6.63. The van der Waals surface area contributed by atoms with Crippen LogP contribution in [-0.2, 0) is 6.18 Å². The van der Waals surface area contributed by atoms with Crippen molar-refractivity contribution in [3.8, 4) is 0 Å². The van der Waals surface area contributed by atoms with Gasteiger partial charge in [0.25, 0.3) is 0 Å². The Morgan fingerprint density at radius 3 is 2.33 bits per heavy atom. The third-order valence-corrected chi connectivity index (χ3v) is 3.94. The zero-order chi connectivity index (χ0) is 15.8. The molecule has 21 heavy (non-hydrogen) atoms. The number of nitrogen functional groups attached to an aromatic ring is 2. The van der Waals surface area contributed by atoms with Gasteiger partial charge < -0.3 is 11.5 Å². The Balaban J connectivity index is 2.33. The average Bonchev–Trinajstić information content (AvgIpc) is 2.41. The highest BCUT2D eigenvalue weighted by atomic mass is 35.5. The van der Waals surface area contributed by atoms with Crippen LogP contribution in [0.1, 0.15) is 5.56 Å². The van der Waals surface area contributed by atoms with Gasteiger partial charge in [-0.3, -0.25) is 0 Å². The highest BCUT2D eigenvalue weighted by molar-refractivity contribution is 7.99. The fourth-order valence-corrected chi connectivity index (χ4v) is 2.49.